The van der Waals surface area contributed by atoms with Crippen molar-refractivity contribution in [2.75, 3.05) is 4.90 Å². The number of hydrogen-bond donors (Lipinski definition) is 0. The van der Waals surface area contributed by atoms with Crippen LogP contribution in [0.15, 0.2) is 249 Å². The summed E-state index contributed by atoms with van der Waals surface area (Å²) in [6, 6.07) is 90.7. The van der Waals surface area contributed by atoms with Crippen LogP contribution in [0.5, 0.6) is 0 Å². The molecule has 0 spiro atoms. The molecule has 4 heterocycles. The van der Waals surface area contributed by atoms with Gasteiger partial charge in [-0.25, -0.2) is 9.97 Å². The average Bonchev–Trinajstić information content (AvgIpc) is 3.97. The minimum Gasteiger partial charge on any atom is -0.327 e. The van der Waals surface area contributed by atoms with Crippen LogP contribution in [0, 0.1) is 0 Å². The maximum Gasteiger partial charge on any atom is 0.184 e. The van der Waals surface area contributed by atoms with E-state index in [1.165, 1.54) is 73.0 Å². The lowest BCUT2D eigenvalue weighted by Gasteiger charge is -2.46. The van der Waals surface area contributed by atoms with Crippen molar-refractivity contribution in [3.63, 3.8) is 0 Å². The molecule has 0 atom stereocenters. The molecule has 0 N–H and O–H groups in total. The molecule has 12 aromatic rings. The van der Waals surface area contributed by atoms with Gasteiger partial charge in [-0.15, -0.1) is 11.3 Å². The van der Waals surface area contributed by atoms with Crippen LogP contribution in [0.2, 0.25) is 0 Å². The molecular formula is C61H44N4SSi2. The molecule has 7 heteroatoms. The van der Waals surface area contributed by atoms with Crippen molar-refractivity contribution in [2.24, 2.45) is 7.05 Å². The van der Waals surface area contributed by atoms with E-state index in [9.17, 15) is 0 Å². The molecule has 0 fully saturated rings. The summed E-state index contributed by atoms with van der Waals surface area (Å²) in [5, 5.41) is 13.4. The Kier molecular flexibility index (Phi) is 9.57. The summed E-state index contributed by atoms with van der Waals surface area (Å²) in [6.07, 6.45) is 1.93. The van der Waals surface area contributed by atoms with Crippen molar-refractivity contribution in [3.05, 3.63) is 249 Å². The van der Waals surface area contributed by atoms with Crippen LogP contribution in [0.25, 0.3) is 42.6 Å². The van der Waals surface area contributed by atoms with Gasteiger partial charge in [-0.2, -0.15) is 0 Å². The van der Waals surface area contributed by atoms with Crippen molar-refractivity contribution in [3.8, 4) is 11.4 Å². The molecule has 4 nitrogen and oxygen atoms in total. The van der Waals surface area contributed by atoms with E-state index in [2.05, 4.69) is 253 Å². The summed E-state index contributed by atoms with van der Waals surface area (Å²) < 4.78 is 4.86. The minimum absolute atomic E-state index is 0.894. The number of para-hydroxylation sites is 3. The molecule has 0 unspecified atom stereocenters. The van der Waals surface area contributed by atoms with Gasteiger partial charge in [0.2, 0.25) is 0 Å². The van der Waals surface area contributed by atoms with E-state index < -0.39 is 16.1 Å². The van der Waals surface area contributed by atoms with E-state index in [1.807, 2.05) is 23.6 Å². The van der Waals surface area contributed by atoms with Gasteiger partial charge in [0.15, 0.2) is 16.1 Å². The number of aromatic nitrogens is 3. The first-order valence-electron chi connectivity index (χ1n) is 23.2. The molecule has 68 heavy (non-hydrogen) atoms. The van der Waals surface area contributed by atoms with Gasteiger partial charge in [-0.05, 0) is 84.0 Å². The van der Waals surface area contributed by atoms with E-state index in [4.69, 9.17) is 9.97 Å². The molecule has 0 radical (unpaired) electrons. The molecule has 13 rings (SSSR count). The molecule has 0 aliphatic carbocycles. The molecule has 1 aliphatic heterocycles. The van der Waals surface area contributed by atoms with Gasteiger partial charge in [-0.1, -0.05) is 200 Å². The van der Waals surface area contributed by atoms with Crippen LogP contribution >= 0.6 is 11.3 Å². The second-order valence-corrected chi connectivity index (χ2v) is 26.2. The van der Waals surface area contributed by atoms with E-state index in [1.54, 1.807) is 0 Å². The van der Waals surface area contributed by atoms with Crippen molar-refractivity contribution in [1.29, 1.82) is 0 Å². The van der Waals surface area contributed by atoms with Crippen LogP contribution in [0.3, 0.4) is 0 Å². The Morgan fingerprint density at radius 1 is 0.515 bits per heavy atom. The summed E-state index contributed by atoms with van der Waals surface area (Å²) in [5.41, 5.74) is 5.55. The first-order chi connectivity index (χ1) is 33.7. The number of nitrogens with zero attached hydrogens (tertiary/aromatic N) is 4. The molecule has 0 bridgehead atoms. The molecule has 3 aromatic heterocycles. The zero-order valence-electron chi connectivity index (χ0n) is 37.4. The van der Waals surface area contributed by atoms with E-state index >= 15 is 0 Å². The third kappa shape index (κ3) is 5.89. The normalized spacial score (nSPS) is 13.2. The average molecular weight is 921 g/mol. The number of fused-ring (bicyclic) bond motifs is 7. The Balaban J connectivity index is 1.26. The number of imidazole rings is 1. The van der Waals surface area contributed by atoms with E-state index in [0.717, 1.165) is 28.2 Å². The van der Waals surface area contributed by atoms with Crippen LogP contribution < -0.4 is 46.4 Å². The van der Waals surface area contributed by atoms with Gasteiger partial charge in [-0.3, -0.25) is 4.90 Å². The Morgan fingerprint density at radius 2 is 1.12 bits per heavy atom. The zero-order chi connectivity index (χ0) is 45.2. The fourth-order valence-electron chi connectivity index (χ4n) is 11.5. The van der Waals surface area contributed by atoms with Crippen molar-refractivity contribution in [1.82, 2.24) is 14.5 Å². The maximum absolute atomic E-state index is 5.27. The Labute approximate surface area is 401 Å². The number of benzene rings is 9. The van der Waals surface area contributed by atoms with Crippen LogP contribution in [0.4, 0.5) is 17.2 Å². The molecule has 9 aromatic carbocycles. The topological polar surface area (TPSA) is 34.0 Å². The van der Waals surface area contributed by atoms with E-state index in [-0.39, 0.29) is 0 Å². The molecular weight excluding hydrogens is 877 g/mol. The first kappa shape index (κ1) is 40.3. The lowest BCUT2D eigenvalue weighted by Crippen LogP contribution is -2.78. The highest BCUT2D eigenvalue weighted by Crippen LogP contribution is 2.43. The lowest BCUT2D eigenvalue weighted by atomic mass is 10.1. The number of thiophene rings is 1. The van der Waals surface area contributed by atoms with Gasteiger partial charge in [0, 0.05) is 50.4 Å². The summed E-state index contributed by atoms with van der Waals surface area (Å²) in [6.45, 7) is 0. The molecule has 1 aliphatic rings. The highest BCUT2D eigenvalue weighted by atomic mass is 32.1. The SMILES string of the molecule is Cn1c(-c2cccc([Si](c3ccccc3)(c3ccccc3)c3cc4c(c5c3sc3ccccc35)[Si](c3ccccc3)(c3ccccc3)c3ccccc3N4c3ccccn3)c2)nc2ccccc21. The summed E-state index contributed by atoms with van der Waals surface area (Å²) >= 11 is 1.95. The second-order valence-electron chi connectivity index (χ2n) is 17.7. The van der Waals surface area contributed by atoms with Crippen LogP contribution in [0.1, 0.15) is 0 Å². The van der Waals surface area contributed by atoms with Gasteiger partial charge in [0.1, 0.15) is 11.6 Å². The fraction of sp³-hybridized carbons (Fsp3) is 0.0164. The molecule has 322 valence electrons. The number of hydrogen-bond acceptors (Lipinski definition) is 4. The smallest absolute Gasteiger partial charge is 0.184 e. The largest absolute Gasteiger partial charge is 0.327 e. The van der Waals surface area contributed by atoms with Crippen molar-refractivity contribution >= 4 is 117 Å². The Bertz CT molecular complexity index is 3740. The predicted octanol–water partition coefficient (Wildman–Crippen LogP) is 9.54. The second kappa shape index (κ2) is 16.1. The number of rotatable bonds is 8. The first-order valence-corrected chi connectivity index (χ1v) is 28.0. The monoisotopic (exact) mass is 920 g/mol. The number of pyridine rings is 1. The number of aryl methyl sites for hydroxylation is 1. The maximum atomic E-state index is 5.27. The van der Waals surface area contributed by atoms with Crippen LogP contribution in [-0.2, 0) is 7.05 Å². The van der Waals surface area contributed by atoms with Crippen molar-refractivity contribution < 1.29 is 0 Å². The summed E-state index contributed by atoms with van der Waals surface area (Å²) in [5.74, 6) is 1.85. The van der Waals surface area contributed by atoms with Crippen LogP contribution in [-0.4, -0.2) is 30.7 Å². The quantitative estimate of drug-likeness (QED) is 0.113. The van der Waals surface area contributed by atoms with E-state index in [0.29, 0.717) is 0 Å². The molecule has 0 amide bonds. The molecule has 0 saturated carbocycles. The van der Waals surface area contributed by atoms with Gasteiger partial charge < -0.3 is 4.57 Å². The standard InChI is InChI=1S/C61H44N4SSi2/c1-64-51-35-16-15-34-50(51)63-61(64)43-23-22-32-48(41-43)67(44-24-6-2-7-25-44,45-26-8-3-9-27-45)56-42-53-60(58-49-33-14-18-37-54(49)66-59(56)58)68(46-28-10-4-11-29-46,47-30-12-5-13-31-47)55-38-19-17-36-52(55)65(53)57-39-20-21-40-62-57/h2-42H,1H3. The summed E-state index contributed by atoms with van der Waals surface area (Å²) in [7, 11) is -4.30. The minimum atomic E-state index is -3.29. The Morgan fingerprint density at radius 3 is 1.81 bits per heavy atom. The zero-order valence-corrected chi connectivity index (χ0v) is 40.2. The third-order valence-electron chi connectivity index (χ3n) is 14.2. The fourth-order valence-corrected chi connectivity index (χ4v) is 23.5. The van der Waals surface area contributed by atoms with Crippen molar-refractivity contribution in [2.45, 2.75) is 0 Å². The predicted molar refractivity (Wildman–Crippen MR) is 292 cm³/mol. The highest BCUT2D eigenvalue weighted by Gasteiger charge is 2.53. The van der Waals surface area contributed by atoms with Gasteiger partial charge >= 0.3 is 0 Å². The lowest BCUT2D eigenvalue weighted by molar-refractivity contribution is 0.959. The Hall–Kier alpha value is -7.95. The summed E-state index contributed by atoms with van der Waals surface area (Å²) in [4.78, 5) is 13.0. The molecule has 0 saturated heterocycles. The van der Waals surface area contributed by atoms with Gasteiger partial charge in [0.05, 0.1) is 11.0 Å². The van der Waals surface area contributed by atoms with Gasteiger partial charge in [0.25, 0.3) is 0 Å². The third-order valence-corrected chi connectivity index (χ3v) is 25.3. The number of anilines is 3. The highest BCUT2D eigenvalue weighted by molar-refractivity contribution is 7.32.